The van der Waals surface area contributed by atoms with Gasteiger partial charge in [0.25, 0.3) is 0 Å². The van der Waals surface area contributed by atoms with E-state index in [1.807, 2.05) is 35.1 Å². The summed E-state index contributed by atoms with van der Waals surface area (Å²) in [4.78, 5) is 0. The fourth-order valence-corrected chi connectivity index (χ4v) is 5.32. The first kappa shape index (κ1) is 27.0. The molecule has 0 amide bonds. The molecule has 0 aliphatic heterocycles. The van der Waals surface area contributed by atoms with Crippen LogP contribution in [0.25, 0.3) is 10.2 Å². The zero-order chi connectivity index (χ0) is 26.6. The number of thiazole rings is 1. The van der Waals surface area contributed by atoms with E-state index in [2.05, 4.69) is 18.1 Å². The Labute approximate surface area is 223 Å². The second-order valence-corrected chi connectivity index (χ2v) is 10.9. The van der Waals surface area contributed by atoms with Crippen LogP contribution in [-0.4, -0.2) is 9.72 Å². The van der Waals surface area contributed by atoms with Gasteiger partial charge in [0.15, 0.2) is 6.54 Å². The van der Waals surface area contributed by atoms with Crippen LogP contribution in [-0.2, 0) is 30.7 Å². The van der Waals surface area contributed by atoms with Crippen LogP contribution in [0.15, 0.2) is 73.3 Å². The molecule has 4 rings (SSSR count). The molecule has 0 aliphatic carbocycles. The van der Waals surface area contributed by atoms with Gasteiger partial charge in [0.2, 0.25) is 21.5 Å². The average molecular weight is 568 g/mol. The van der Waals surface area contributed by atoms with Gasteiger partial charge in [0, 0.05) is 24.7 Å². The molecule has 1 heterocycles. The number of anilines is 1. The van der Waals surface area contributed by atoms with Gasteiger partial charge in [0.05, 0.1) is 5.02 Å². The molecule has 3 aromatic carbocycles. The number of fused-ring (bicyclic) bond motifs is 1. The van der Waals surface area contributed by atoms with Gasteiger partial charge < -0.3 is 9.47 Å². The van der Waals surface area contributed by atoms with Crippen molar-refractivity contribution in [3.63, 3.8) is 0 Å². The smallest absolute Gasteiger partial charge is 0.489 e. The fourth-order valence-electron chi connectivity index (χ4n) is 3.54. The lowest BCUT2D eigenvalue weighted by Gasteiger charge is -2.12. The number of aryl methyl sites for hydroxylation is 1. The van der Waals surface area contributed by atoms with Gasteiger partial charge in [-0.15, -0.1) is 0 Å². The highest BCUT2D eigenvalue weighted by Crippen LogP contribution is 2.29. The number of ether oxygens (including phenoxy) is 2. The SMILES string of the molecule is C=CC[n+]1c(C)sc2cc(OCc3ccc(OCc4ccc(NS(=O)C(F)(F)F)cc4)c(Cl)c3)ccc21. The van der Waals surface area contributed by atoms with Crippen LogP contribution in [0.3, 0.4) is 0 Å². The van der Waals surface area contributed by atoms with E-state index in [1.165, 1.54) is 17.1 Å². The van der Waals surface area contributed by atoms with Crippen LogP contribution >= 0.6 is 22.9 Å². The number of nitrogens with zero attached hydrogens (tertiary/aromatic N) is 1. The Balaban J connectivity index is 1.33. The van der Waals surface area contributed by atoms with Crippen molar-refractivity contribution in [1.29, 1.82) is 0 Å². The Morgan fingerprint density at radius 3 is 2.43 bits per heavy atom. The molecule has 0 fully saturated rings. The molecular weight excluding hydrogens is 545 g/mol. The quantitative estimate of drug-likeness (QED) is 0.164. The summed E-state index contributed by atoms with van der Waals surface area (Å²) in [6.45, 7) is 7.14. The predicted octanol–water partition coefficient (Wildman–Crippen LogP) is 7.09. The maximum absolute atomic E-state index is 12.4. The van der Waals surface area contributed by atoms with Crippen LogP contribution in [0.2, 0.25) is 5.02 Å². The van der Waals surface area contributed by atoms with Crippen LogP contribution < -0.4 is 18.8 Å². The molecule has 37 heavy (non-hydrogen) atoms. The summed E-state index contributed by atoms with van der Waals surface area (Å²) in [5, 5.41) is 1.61. The highest BCUT2D eigenvalue weighted by Gasteiger charge is 2.37. The van der Waals surface area contributed by atoms with Crippen molar-refractivity contribution in [3.05, 3.63) is 94.5 Å². The lowest BCUT2D eigenvalue weighted by atomic mass is 10.2. The van der Waals surface area contributed by atoms with E-state index in [9.17, 15) is 17.4 Å². The first-order chi connectivity index (χ1) is 17.6. The van der Waals surface area contributed by atoms with E-state index < -0.39 is 16.5 Å². The van der Waals surface area contributed by atoms with Gasteiger partial charge in [-0.3, -0.25) is 4.72 Å². The van der Waals surface area contributed by atoms with Crippen molar-refractivity contribution in [2.24, 2.45) is 0 Å². The number of alkyl halides is 3. The third kappa shape index (κ3) is 6.82. The van der Waals surface area contributed by atoms with E-state index in [4.69, 9.17) is 21.1 Å². The number of allylic oxidation sites excluding steroid dienone is 1. The van der Waals surface area contributed by atoms with E-state index in [0.717, 1.165) is 28.1 Å². The van der Waals surface area contributed by atoms with Crippen molar-refractivity contribution in [2.75, 3.05) is 4.72 Å². The molecule has 1 unspecified atom stereocenters. The van der Waals surface area contributed by atoms with Gasteiger partial charge in [0.1, 0.15) is 29.4 Å². The summed E-state index contributed by atoms with van der Waals surface area (Å²) in [5.41, 5.74) is -2.02. The van der Waals surface area contributed by atoms with Crippen LogP contribution in [0.1, 0.15) is 16.1 Å². The third-order valence-electron chi connectivity index (χ3n) is 5.34. The molecule has 0 saturated heterocycles. The van der Waals surface area contributed by atoms with Crippen LogP contribution in [0.5, 0.6) is 11.5 Å². The topological polar surface area (TPSA) is 51.4 Å². The molecule has 0 radical (unpaired) electrons. The maximum Gasteiger partial charge on any atom is 0.490 e. The Morgan fingerprint density at radius 1 is 1.05 bits per heavy atom. The average Bonchev–Trinajstić information content (AvgIpc) is 3.17. The summed E-state index contributed by atoms with van der Waals surface area (Å²) in [6, 6.07) is 17.3. The van der Waals surface area contributed by atoms with Crippen molar-refractivity contribution >= 4 is 49.8 Å². The number of aromatic nitrogens is 1. The molecule has 11 heteroatoms. The standard InChI is InChI=1S/C26H23ClF3N2O3S2/c1-3-12-32-17(2)36-25-14-21(9-10-23(25)32)34-16-19-6-11-24(22(27)13-19)35-15-18-4-7-20(8-5-18)31-37(33)26(28,29)30/h3-11,13-14,31H,1,12,15-16H2,2H3/q+1. The molecule has 0 saturated carbocycles. The number of benzene rings is 3. The molecule has 1 aromatic heterocycles. The minimum atomic E-state index is -4.83. The Bertz CT molecular complexity index is 1440. The maximum atomic E-state index is 12.4. The first-order valence-electron chi connectivity index (χ1n) is 11.1. The number of hydrogen-bond donors (Lipinski definition) is 1. The highest BCUT2D eigenvalue weighted by atomic mass is 35.5. The summed E-state index contributed by atoms with van der Waals surface area (Å²) in [7, 11) is -3.17. The second kappa shape index (κ2) is 11.5. The second-order valence-electron chi connectivity index (χ2n) is 8.01. The number of nitrogens with one attached hydrogen (secondary N) is 1. The van der Waals surface area contributed by atoms with Crippen molar-refractivity contribution < 1.29 is 31.4 Å². The Hall–Kier alpha value is -3.08. The molecule has 5 nitrogen and oxygen atoms in total. The monoisotopic (exact) mass is 567 g/mol. The first-order valence-corrected chi connectivity index (χ1v) is 13.4. The van der Waals surface area contributed by atoms with Crippen LogP contribution in [0.4, 0.5) is 18.9 Å². The van der Waals surface area contributed by atoms with Gasteiger partial charge in [-0.1, -0.05) is 47.7 Å². The van der Waals surface area contributed by atoms with Gasteiger partial charge in [-0.2, -0.15) is 17.7 Å². The Kier molecular flexibility index (Phi) is 8.41. The van der Waals surface area contributed by atoms with Crippen molar-refractivity contribution in [2.45, 2.75) is 32.2 Å². The summed E-state index contributed by atoms with van der Waals surface area (Å²) in [6.07, 6.45) is 1.88. The summed E-state index contributed by atoms with van der Waals surface area (Å²) >= 11 is 8.09. The number of hydrogen-bond acceptors (Lipinski definition) is 4. The van der Waals surface area contributed by atoms with E-state index in [1.54, 1.807) is 35.6 Å². The molecule has 0 bridgehead atoms. The predicted molar refractivity (Wildman–Crippen MR) is 141 cm³/mol. The summed E-state index contributed by atoms with van der Waals surface area (Å²) < 4.78 is 65.3. The van der Waals surface area contributed by atoms with E-state index >= 15 is 0 Å². The van der Waals surface area contributed by atoms with Crippen molar-refractivity contribution in [1.82, 2.24) is 0 Å². The largest absolute Gasteiger partial charge is 0.490 e. The minimum Gasteiger partial charge on any atom is -0.489 e. The molecule has 1 atom stereocenters. The van der Waals surface area contributed by atoms with Crippen LogP contribution in [0, 0.1) is 6.92 Å². The zero-order valence-corrected chi connectivity index (χ0v) is 22.1. The number of rotatable bonds is 10. The minimum absolute atomic E-state index is 0.0890. The molecule has 0 spiro atoms. The van der Waals surface area contributed by atoms with Gasteiger partial charge in [-0.25, -0.2) is 4.21 Å². The molecule has 0 aliphatic rings. The van der Waals surface area contributed by atoms with Gasteiger partial charge >= 0.3 is 5.51 Å². The Morgan fingerprint density at radius 2 is 1.76 bits per heavy atom. The van der Waals surface area contributed by atoms with Crippen molar-refractivity contribution in [3.8, 4) is 11.5 Å². The molecule has 1 N–H and O–H groups in total. The lowest BCUT2D eigenvalue weighted by Crippen LogP contribution is -2.33. The fraction of sp³-hybridized carbons (Fsp3) is 0.192. The summed E-state index contributed by atoms with van der Waals surface area (Å²) in [5.74, 6) is 1.22. The van der Waals surface area contributed by atoms with E-state index in [-0.39, 0.29) is 12.3 Å². The zero-order valence-electron chi connectivity index (χ0n) is 19.7. The molecule has 4 aromatic rings. The number of halogens is 4. The third-order valence-corrected chi connectivity index (χ3v) is 7.54. The van der Waals surface area contributed by atoms with E-state index in [0.29, 0.717) is 22.9 Å². The highest BCUT2D eigenvalue weighted by molar-refractivity contribution is 7.87. The molecular formula is C26H23ClF3N2O3S2+. The molecule has 194 valence electrons. The van der Waals surface area contributed by atoms with Gasteiger partial charge in [-0.05, 0) is 47.5 Å². The normalized spacial score (nSPS) is 12.4. The lowest BCUT2D eigenvalue weighted by molar-refractivity contribution is -0.662.